The molecule has 0 radical (unpaired) electrons. The van der Waals surface area contributed by atoms with E-state index in [4.69, 9.17) is 4.74 Å². The molecule has 4 atom stereocenters. The number of anilines is 1. The highest BCUT2D eigenvalue weighted by atomic mass is 16.5. The van der Waals surface area contributed by atoms with E-state index in [9.17, 15) is 14.4 Å². The molecule has 3 aliphatic rings. The molecule has 2 amide bonds. The van der Waals surface area contributed by atoms with E-state index < -0.39 is 11.9 Å². The van der Waals surface area contributed by atoms with Crippen LogP contribution in [0.5, 0.6) is 5.75 Å². The van der Waals surface area contributed by atoms with Crippen LogP contribution in [0.3, 0.4) is 0 Å². The summed E-state index contributed by atoms with van der Waals surface area (Å²) in [5.41, 5.74) is 1.95. The van der Waals surface area contributed by atoms with E-state index in [0.717, 1.165) is 17.5 Å². The van der Waals surface area contributed by atoms with Crippen molar-refractivity contribution in [1.82, 2.24) is 0 Å². The number of ether oxygens (including phenoxy) is 1. The quantitative estimate of drug-likeness (QED) is 0.244. The number of rotatable bonds is 5. The molecule has 2 aliphatic carbocycles. The molecular formula is C29H23NO4. The Morgan fingerprint density at radius 1 is 0.735 bits per heavy atom. The second-order valence-electron chi connectivity index (χ2n) is 9.15. The van der Waals surface area contributed by atoms with E-state index in [2.05, 4.69) is 12.2 Å². The molecule has 34 heavy (non-hydrogen) atoms. The first kappa shape index (κ1) is 20.6. The van der Waals surface area contributed by atoms with E-state index in [1.54, 1.807) is 24.3 Å². The summed E-state index contributed by atoms with van der Waals surface area (Å²) in [6.07, 6.45) is 5.00. The van der Waals surface area contributed by atoms with Gasteiger partial charge in [-0.2, -0.15) is 0 Å². The number of imide groups is 1. The lowest BCUT2D eigenvalue weighted by Crippen LogP contribution is -2.33. The highest BCUT2D eigenvalue weighted by Gasteiger charge is 2.60. The second kappa shape index (κ2) is 8.10. The average molecular weight is 450 g/mol. The smallest absolute Gasteiger partial charge is 0.323 e. The molecule has 5 nitrogen and oxygen atoms in total. The maximum absolute atomic E-state index is 13.5. The van der Waals surface area contributed by atoms with Crippen molar-refractivity contribution in [3.8, 4) is 5.75 Å². The van der Waals surface area contributed by atoms with Crippen LogP contribution in [0, 0.1) is 23.7 Å². The van der Waals surface area contributed by atoms with E-state index in [1.807, 2.05) is 60.7 Å². The summed E-state index contributed by atoms with van der Waals surface area (Å²) in [6, 6.07) is 25.7. The van der Waals surface area contributed by atoms with Gasteiger partial charge >= 0.3 is 5.97 Å². The summed E-state index contributed by atoms with van der Waals surface area (Å²) in [5.74, 6) is -1.67. The Labute approximate surface area is 197 Å². The topological polar surface area (TPSA) is 63.7 Å². The third-order valence-electron chi connectivity index (χ3n) is 7.29. The Bertz CT molecular complexity index is 1230. The number of carbonyl (C=O) groups excluding carboxylic acids is 3. The normalized spacial score (nSPS) is 24.7. The summed E-state index contributed by atoms with van der Waals surface area (Å²) in [5, 5.41) is 0. The van der Waals surface area contributed by atoms with Crippen LogP contribution in [-0.2, 0) is 14.4 Å². The highest BCUT2D eigenvalue weighted by Crippen LogP contribution is 2.54. The van der Waals surface area contributed by atoms with Gasteiger partial charge in [0.2, 0.25) is 11.8 Å². The van der Waals surface area contributed by atoms with Gasteiger partial charge in [-0.1, -0.05) is 84.9 Å². The van der Waals surface area contributed by atoms with Gasteiger partial charge in [0, 0.05) is 0 Å². The predicted octanol–water partition coefficient (Wildman–Crippen LogP) is 4.74. The molecule has 1 saturated carbocycles. The number of allylic oxidation sites excluding steroid dienone is 2. The van der Waals surface area contributed by atoms with Crippen LogP contribution in [0.4, 0.5) is 5.69 Å². The standard InChI is InChI=1S/C29H23NO4/c31-27-25-20-15-16-21(17-20)26(25)28(32)30(27)22-13-7-8-14-23(22)34-29(33)24(18-9-3-1-4-10-18)19-11-5-2-6-12-19/h1-16,20-21,24-26H,17H2/t20-,21-,25+,26+/m0/s1. The number of carbonyl (C=O) groups is 3. The van der Waals surface area contributed by atoms with E-state index >= 15 is 0 Å². The zero-order valence-electron chi connectivity index (χ0n) is 18.4. The first-order chi connectivity index (χ1) is 16.6. The molecule has 0 spiro atoms. The van der Waals surface area contributed by atoms with Gasteiger partial charge in [-0.15, -0.1) is 0 Å². The predicted molar refractivity (Wildman–Crippen MR) is 127 cm³/mol. The molecule has 0 unspecified atom stereocenters. The molecule has 1 saturated heterocycles. The summed E-state index contributed by atoms with van der Waals surface area (Å²) in [6.45, 7) is 0. The van der Waals surface area contributed by atoms with Gasteiger partial charge in [0.25, 0.3) is 0 Å². The summed E-state index contributed by atoms with van der Waals surface area (Å²) < 4.78 is 5.92. The first-order valence-electron chi connectivity index (χ1n) is 11.6. The Balaban J connectivity index is 1.34. The van der Waals surface area contributed by atoms with Gasteiger partial charge in [-0.3, -0.25) is 14.4 Å². The minimum Gasteiger partial charge on any atom is -0.424 e. The van der Waals surface area contributed by atoms with Crippen molar-refractivity contribution in [2.45, 2.75) is 12.3 Å². The monoisotopic (exact) mass is 449 g/mol. The number of benzene rings is 3. The summed E-state index contributed by atoms with van der Waals surface area (Å²) in [7, 11) is 0. The summed E-state index contributed by atoms with van der Waals surface area (Å²) >= 11 is 0. The molecule has 0 aromatic heterocycles. The van der Waals surface area contributed by atoms with Crippen LogP contribution in [0.1, 0.15) is 23.5 Å². The molecule has 6 rings (SSSR count). The van der Waals surface area contributed by atoms with Gasteiger partial charge < -0.3 is 4.74 Å². The zero-order chi connectivity index (χ0) is 23.2. The molecule has 3 aromatic carbocycles. The van der Waals surface area contributed by atoms with Crippen LogP contribution >= 0.6 is 0 Å². The second-order valence-corrected chi connectivity index (χ2v) is 9.15. The molecule has 0 N–H and O–H groups in total. The van der Waals surface area contributed by atoms with Crippen LogP contribution in [-0.4, -0.2) is 17.8 Å². The van der Waals surface area contributed by atoms with Gasteiger partial charge in [0.05, 0.1) is 17.5 Å². The van der Waals surface area contributed by atoms with Crippen molar-refractivity contribution >= 4 is 23.5 Å². The molecular weight excluding hydrogens is 426 g/mol. The Kier molecular flexibility index (Phi) is 4.91. The third-order valence-corrected chi connectivity index (χ3v) is 7.29. The fourth-order valence-corrected chi connectivity index (χ4v) is 5.79. The van der Waals surface area contributed by atoms with E-state index in [1.165, 1.54) is 4.90 Å². The molecule has 2 bridgehead atoms. The zero-order valence-corrected chi connectivity index (χ0v) is 18.4. The van der Waals surface area contributed by atoms with Crippen LogP contribution in [0.15, 0.2) is 97.1 Å². The molecule has 2 fully saturated rings. The maximum Gasteiger partial charge on any atom is 0.323 e. The number of hydrogen-bond acceptors (Lipinski definition) is 4. The minimum atomic E-state index is -0.639. The number of para-hydroxylation sites is 2. The molecule has 1 heterocycles. The van der Waals surface area contributed by atoms with Crippen molar-refractivity contribution in [1.29, 1.82) is 0 Å². The van der Waals surface area contributed by atoms with Gasteiger partial charge in [0.15, 0.2) is 5.75 Å². The molecule has 1 aliphatic heterocycles. The van der Waals surface area contributed by atoms with E-state index in [0.29, 0.717) is 5.69 Å². The van der Waals surface area contributed by atoms with Crippen molar-refractivity contribution in [2.24, 2.45) is 23.7 Å². The van der Waals surface area contributed by atoms with Crippen molar-refractivity contribution < 1.29 is 19.1 Å². The molecule has 5 heteroatoms. The first-order valence-corrected chi connectivity index (χ1v) is 11.6. The molecule has 3 aromatic rings. The van der Waals surface area contributed by atoms with Gasteiger partial charge in [-0.25, -0.2) is 4.90 Å². The minimum absolute atomic E-state index is 0.117. The van der Waals surface area contributed by atoms with Gasteiger partial charge in [0.1, 0.15) is 5.92 Å². The number of fused-ring (bicyclic) bond motifs is 5. The SMILES string of the molecule is O=C(Oc1ccccc1N1C(=O)[C@H]2[C@H](C1=O)[C@H]1C=C[C@H]2C1)C(c1ccccc1)c1ccccc1. The maximum atomic E-state index is 13.5. The largest absolute Gasteiger partial charge is 0.424 e. The number of esters is 1. The van der Waals surface area contributed by atoms with Crippen molar-refractivity contribution in [3.63, 3.8) is 0 Å². The lowest BCUT2D eigenvalue weighted by atomic mass is 9.85. The Morgan fingerprint density at radius 3 is 1.79 bits per heavy atom. The third kappa shape index (κ3) is 3.19. The average Bonchev–Trinajstić information content (AvgIpc) is 3.55. The van der Waals surface area contributed by atoms with E-state index in [-0.39, 0.29) is 41.2 Å². The fraction of sp³-hybridized carbons (Fsp3) is 0.207. The fourth-order valence-electron chi connectivity index (χ4n) is 5.79. The summed E-state index contributed by atoms with van der Waals surface area (Å²) in [4.78, 5) is 41.4. The lowest BCUT2D eigenvalue weighted by molar-refractivity contribution is -0.135. The highest BCUT2D eigenvalue weighted by molar-refractivity contribution is 6.23. The number of nitrogens with zero attached hydrogens (tertiary/aromatic N) is 1. The number of hydrogen-bond donors (Lipinski definition) is 0. The van der Waals surface area contributed by atoms with Gasteiger partial charge in [-0.05, 0) is 41.5 Å². The number of amides is 2. The van der Waals surface area contributed by atoms with Crippen molar-refractivity contribution in [2.75, 3.05) is 4.90 Å². The Morgan fingerprint density at radius 2 is 1.24 bits per heavy atom. The Hall–Kier alpha value is -3.99. The lowest BCUT2D eigenvalue weighted by Gasteiger charge is -2.22. The van der Waals surface area contributed by atoms with Crippen molar-refractivity contribution in [3.05, 3.63) is 108 Å². The molecule has 168 valence electrons. The van der Waals surface area contributed by atoms with Crippen LogP contribution < -0.4 is 9.64 Å². The van der Waals surface area contributed by atoms with Crippen LogP contribution in [0.25, 0.3) is 0 Å². The van der Waals surface area contributed by atoms with Crippen LogP contribution in [0.2, 0.25) is 0 Å².